The molecular formula is C18H20N6. The van der Waals surface area contributed by atoms with Crippen molar-refractivity contribution in [3.63, 3.8) is 0 Å². The molecule has 1 aliphatic heterocycles. The Morgan fingerprint density at radius 2 is 2.00 bits per heavy atom. The van der Waals surface area contributed by atoms with Crippen LogP contribution in [0.1, 0.15) is 18.9 Å². The molecule has 1 saturated heterocycles. The van der Waals surface area contributed by atoms with Crippen LogP contribution in [0.4, 0.5) is 11.6 Å². The largest absolute Gasteiger partial charge is 0.321 e. The first kappa shape index (κ1) is 13.9. The number of likely N-dealkylation sites (tertiary alicyclic amines) is 1. The lowest BCUT2D eigenvalue weighted by Crippen LogP contribution is -2.60. The molecule has 3 aromatic rings. The second-order valence-electron chi connectivity index (χ2n) is 7.32. The summed E-state index contributed by atoms with van der Waals surface area (Å²) in [4.78, 5) is 11.3. The lowest BCUT2D eigenvalue weighted by atomic mass is 9.61. The van der Waals surface area contributed by atoms with Crippen molar-refractivity contribution in [1.29, 1.82) is 0 Å². The van der Waals surface area contributed by atoms with Crippen molar-refractivity contribution in [2.24, 2.45) is 5.41 Å². The first-order valence-corrected chi connectivity index (χ1v) is 8.41. The minimum atomic E-state index is 0.534. The van der Waals surface area contributed by atoms with Gasteiger partial charge in [0.25, 0.3) is 0 Å². The number of para-hydroxylation sites is 1. The zero-order chi connectivity index (χ0) is 16.1. The number of rotatable bonds is 3. The minimum absolute atomic E-state index is 0.534. The van der Waals surface area contributed by atoms with Gasteiger partial charge in [-0.3, -0.25) is 4.68 Å². The van der Waals surface area contributed by atoms with Gasteiger partial charge in [0, 0.05) is 30.9 Å². The summed E-state index contributed by atoms with van der Waals surface area (Å²) in [6.07, 6.45) is 8.25. The number of fused-ring (bicyclic) bond motifs is 1. The molecule has 1 spiro atoms. The van der Waals surface area contributed by atoms with Gasteiger partial charge < -0.3 is 10.2 Å². The normalized spacial score (nSPS) is 20.0. The highest BCUT2D eigenvalue weighted by atomic mass is 15.3. The molecule has 2 fully saturated rings. The van der Waals surface area contributed by atoms with Crippen molar-refractivity contribution < 1.29 is 0 Å². The maximum atomic E-state index is 4.55. The summed E-state index contributed by atoms with van der Waals surface area (Å²) in [6.45, 7) is 2.47. The highest BCUT2D eigenvalue weighted by Crippen LogP contribution is 2.53. The summed E-state index contributed by atoms with van der Waals surface area (Å²) in [5.41, 5.74) is 2.45. The molecule has 6 heteroatoms. The van der Waals surface area contributed by atoms with Crippen LogP contribution in [0.5, 0.6) is 0 Å². The fraction of sp³-hybridized carbons (Fsp3) is 0.389. The Hall–Kier alpha value is -2.47. The highest BCUT2D eigenvalue weighted by Gasteiger charge is 2.51. The van der Waals surface area contributed by atoms with Gasteiger partial charge in [-0.15, -0.1) is 0 Å². The lowest BCUT2D eigenvalue weighted by Gasteiger charge is -2.58. The van der Waals surface area contributed by atoms with E-state index in [4.69, 9.17) is 0 Å². The van der Waals surface area contributed by atoms with E-state index in [0.29, 0.717) is 17.4 Å². The van der Waals surface area contributed by atoms with Crippen molar-refractivity contribution in [2.45, 2.75) is 18.9 Å². The number of aromatic nitrogens is 4. The van der Waals surface area contributed by atoms with Gasteiger partial charge in [-0.05, 0) is 31.4 Å². The molecule has 1 aliphatic carbocycles. The molecule has 6 nitrogen and oxygen atoms in total. The van der Waals surface area contributed by atoms with E-state index in [1.807, 2.05) is 36.7 Å². The lowest BCUT2D eigenvalue weighted by molar-refractivity contribution is -0.0786. The molecule has 3 heterocycles. The van der Waals surface area contributed by atoms with Gasteiger partial charge >= 0.3 is 0 Å². The number of benzene rings is 1. The summed E-state index contributed by atoms with van der Waals surface area (Å²) in [6, 6.07) is 8.53. The standard InChI is InChI=1S/C18H20N6/c1-23-11-18(12-23)6-15(7-18)24-10-14(9-20-24)21-17-19-8-13-4-2-3-5-16(13)22-17/h2-5,8-10,15H,6-7,11-12H2,1H3,(H,19,21,22). The molecule has 1 aromatic carbocycles. The van der Waals surface area contributed by atoms with E-state index in [9.17, 15) is 0 Å². The third-order valence-corrected chi connectivity index (χ3v) is 5.27. The Balaban J connectivity index is 1.29. The highest BCUT2D eigenvalue weighted by molar-refractivity contribution is 5.78. The molecule has 24 heavy (non-hydrogen) atoms. The summed E-state index contributed by atoms with van der Waals surface area (Å²) < 4.78 is 2.09. The SMILES string of the molecule is CN1CC2(CC(n3cc(Nc4ncc5ccccc5n4)cn3)C2)C1. The molecule has 0 radical (unpaired) electrons. The third kappa shape index (κ3) is 2.26. The van der Waals surface area contributed by atoms with Crippen molar-refractivity contribution >= 4 is 22.5 Å². The minimum Gasteiger partial charge on any atom is -0.321 e. The number of hydrogen-bond acceptors (Lipinski definition) is 5. The smallest absolute Gasteiger partial charge is 0.227 e. The van der Waals surface area contributed by atoms with E-state index in [0.717, 1.165) is 16.6 Å². The topological polar surface area (TPSA) is 58.9 Å². The molecule has 0 bridgehead atoms. The van der Waals surface area contributed by atoms with Gasteiger partial charge in [0.15, 0.2) is 0 Å². The van der Waals surface area contributed by atoms with E-state index >= 15 is 0 Å². The molecule has 2 aliphatic rings. The third-order valence-electron chi connectivity index (χ3n) is 5.27. The van der Waals surface area contributed by atoms with Gasteiger partial charge in [0.2, 0.25) is 5.95 Å². The molecule has 2 aromatic heterocycles. The molecule has 0 atom stereocenters. The zero-order valence-corrected chi connectivity index (χ0v) is 13.7. The molecule has 0 unspecified atom stereocenters. The van der Waals surface area contributed by atoms with Crippen LogP contribution in [0, 0.1) is 5.41 Å². The molecule has 1 saturated carbocycles. The maximum absolute atomic E-state index is 4.55. The fourth-order valence-corrected chi connectivity index (χ4v) is 4.25. The van der Waals surface area contributed by atoms with E-state index in [2.05, 4.69) is 43.2 Å². The Morgan fingerprint density at radius 1 is 1.17 bits per heavy atom. The second kappa shape index (κ2) is 5.01. The molecular weight excluding hydrogens is 300 g/mol. The molecule has 1 N–H and O–H groups in total. The van der Waals surface area contributed by atoms with E-state index in [-0.39, 0.29) is 0 Å². The van der Waals surface area contributed by atoms with Crippen LogP contribution >= 0.6 is 0 Å². The number of anilines is 2. The number of hydrogen-bond donors (Lipinski definition) is 1. The van der Waals surface area contributed by atoms with E-state index < -0.39 is 0 Å². The van der Waals surface area contributed by atoms with E-state index in [1.165, 1.54) is 25.9 Å². The quantitative estimate of drug-likeness (QED) is 0.804. The Morgan fingerprint density at radius 3 is 2.83 bits per heavy atom. The van der Waals surface area contributed by atoms with E-state index in [1.54, 1.807) is 0 Å². The number of nitrogens with zero attached hydrogens (tertiary/aromatic N) is 5. The predicted molar refractivity (Wildman–Crippen MR) is 93.2 cm³/mol. The van der Waals surface area contributed by atoms with Gasteiger partial charge in [0.1, 0.15) is 0 Å². The summed E-state index contributed by atoms with van der Waals surface area (Å²) >= 11 is 0. The first-order valence-electron chi connectivity index (χ1n) is 8.41. The van der Waals surface area contributed by atoms with Crippen LogP contribution in [-0.2, 0) is 0 Å². The van der Waals surface area contributed by atoms with Crippen LogP contribution in [0.3, 0.4) is 0 Å². The van der Waals surface area contributed by atoms with Crippen LogP contribution in [0.25, 0.3) is 10.9 Å². The van der Waals surface area contributed by atoms with Crippen molar-refractivity contribution in [1.82, 2.24) is 24.6 Å². The maximum Gasteiger partial charge on any atom is 0.227 e. The fourth-order valence-electron chi connectivity index (χ4n) is 4.25. The van der Waals surface area contributed by atoms with Gasteiger partial charge in [-0.2, -0.15) is 5.10 Å². The van der Waals surface area contributed by atoms with Crippen LogP contribution < -0.4 is 5.32 Å². The van der Waals surface area contributed by atoms with Crippen LogP contribution in [0.15, 0.2) is 42.9 Å². The first-order chi connectivity index (χ1) is 11.7. The molecule has 5 rings (SSSR count). The second-order valence-corrected chi connectivity index (χ2v) is 7.32. The Labute approximate surface area is 140 Å². The Bertz CT molecular complexity index is 887. The monoisotopic (exact) mass is 320 g/mol. The van der Waals surface area contributed by atoms with Gasteiger partial charge in [0.05, 0.1) is 23.4 Å². The van der Waals surface area contributed by atoms with Gasteiger partial charge in [-0.1, -0.05) is 18.2 Å². The van der Waals surface area contributed by atoms with Crippen molar-refractivity contribution in [3.05, 3.63) is 42.9 Å². The average Bonchev–Trinajstić information content (AvgIpc) is 2.97. The van der Waals surface area contributed by atoms with Crippen LogP contribution in [0.2, 0.25) is 0 Å². The molecule has 0 amide bonds. The van der Waals surface area contributed by atoms with Gasteiger partial charge in [-0.25, -0.2) is 9.97 Å². The summed E-state index contributed by atoms with van der Waals surface area (Å²) in [5.74, 6) is 0.610. The molecule has 122 valence electrons. The Kier molecular flexibility index (Phi) is 2.91. The van der Waals surface area contributed by atoms with Crippen molar-refractivity contribution in [2.75, 3.05) is 25.5 Å². The average molecular weight is 320 g/mol. The summed E-state index contributed by atoms with van der Waals surface area (Å²) in [5, 5.41) is 8.83. The van der Waals surface area contributed by atoms with Crippen LogP contribution in [-0.4, -0.2) is 44.8 Å². The van der Waals surface area contributed by atoms with Crippen molar-refractivity contribution in [3.8, 4) is 0 Å². The predicted octanol–water partition coefficient (Wildman–Crippen LogP) is 2.84. The summed E-state index contributed by atoms with van der Waals surface area (Å²) in [7, 11) is 2.19. The zero-order valence-electron chi connectivity index (χ0n) is 13.7. The number of nitrogens with one attached hydrogen (secondary N) is 1.